The predicted molar refractivity (Wildman–Crippen MR) is 100 cm³/mol. The number of aliphatic hydroxyl groups excluding tert-OH is 2. The molecule has 0 saturated heterocycles. The van der Waals surface area contributed by atoms with Crippen LogP contribution in [0.5, 0.6) is 0 Å². The summed E-state index contributed by atoms with van der Waals surface area (Å²) in [6, 6.07) is 0. The fourth-order valence-corrected chi connectivity index (χ4v) is 3.14. The molecule has 0 aliphatic rings. The third-order valence-corrected chi connectivity index (χ3v) is 5.72. The Labute approximate surface area is 263 Å². The summed E-state index contributed by atoms with van der Waals surface area (Å²) in [5.41, 5.74) is 0. The Morgan fingerprint density at radius 2 is 0.649 bits per heavy atom. The Bertz CT molecular complexity index is 408. The molecular weight excluding hydrogens is 680 g/mol. The fraction of sp³-hybridized carbons (Fsp3) is 1.00. The molecule has 218 valence electrons. The molecule has 0 aromatic rings. The van der Waals surface area contributed by atoms with Crippen molar-refractivity contribution in [2.45, 2.75) is 79.1 Å². The quantitative estimate of drug-likeness (QED) is 0.133. The van der Waals surface area contributed by atoms with Crippen molar-refractivity contribution in [3.63, 3.8) is 0 Å². The van der Waals surface area contributed by atoms with Crippen molar-refractivity contribution in [3.8, 4) is 0 Å². The molecule has 0 aromatic heterocycles. The zero-order valence-electron chi connectivity index (χ0n) is 22.2. The van der Waals surface area contributed by atoms with E-state index in [9.17, 15) is 28.1 Å². The first-order valence-corrected chi connectivity index (χ1v) is 19.2. The monoisotopic (exact) mass is 722 g/mol. The number of unbranched alkanes of at least 4 members (excludes halogenated alkanes) is 4. The summed E-state index contributed by atoms with van der Waals surface area (Å²) in [5, 5.41) is 15.2. The van der Waals surface area contributed by atoms with Gasteiger partial charge in [0.25, 0.3) is 0 Å². The summed E-state index contributed by atoms with van der Waals surface area (Å²) < 4.78 is 95.7. The van der Waals surface area contributed by atoms with Gasteiger partial charge in [0.2, 0.25) is 0 Å². The molecule has 37 heavy (non-hydrogen) atoms. The molecule has 0 heterocycles. The van der Waals surface area contributed by atoms with Crippen LogP contribution >= 0.6 is 0 Å². The largest absolute Gasteiger partial charge is 4.00 e. The minimum absolute atomic E-state index is 0. The molecule has 0 unspecified atom stereocenters. The Hall–Kier alpha value is 2.37. The van der Waals surface area contributed by atoms with Crippen LogP contribution in [-0.4, -0.2) is 49.9 Å². The van der Waals surface area contributed by atoms with Crippen molar-refractivity contribution in [1.29, 1.82) is 0 Å². The van der Waals surface area contributed by atoms with Crippen LogP contribution in [0.3, 0.4) is 0 Å². The minimum Gasteiger partial charge on any atom is -0.394 e. The van der Waals surface area contributed by atoms with E-state index in [0.29, 0.717) is 26.4 Å². The molecule has 0 amide bonds. The van der Waals surface area contributed by atoms with Gasteiger partial charge in [-0.3, -0.25) is 0 Å². The van der Waals surface area contributed by atoms with Crippen LogP contribution in [0.2, 0.25) is 0 Å². The average molecular weight is 722 g/mol. The maximum atomic E-state index is 9.79. The Balaban J connectivity index is -0.0000000819. The summed E-state index contributed by atoms with van der Waals surface area (Å²) in [4.78, 5) is 0. The molecule has 0 bridgehead atoms. The second kappa shape index (κ2) is 51.1. The van der Waals surface area contributed by atoms with Crippen LogP contribution in [0.1, 0.15) is 79.1 Å². The van der Waals surface area contributed by atoms with Crippen LogP contribution in [0.25, 0.3) is 0 Å². The molecule has 0 spiro atoms. The van der Waals surface area contributed by atoms with E-state index in [4.69, 9.17) is 10.2 Å². The minimum atomic E-state index is -3.42. The van der Waals surface area contributed by atoms with Gasteiger partial charge in [-0.1, -0.05) is 0 Å². The van der Waals surface area contributed by atoms with E-state index in [2.05, 4.69) is 13.3 Å². The van der Waals surface area contributed by atoms with Crippen molar-refractivity contribution in [3.05, 3.63) is 0 Å². The molecule has 0 atom stereocenters. The predicted octanol–water partition coefficient (Wildman–Crippen LogP) is -1.20. The summed E-state index contributed by atoms with van der Waals surface area (Å²) >= 11 is -13.7. The summed E-state index contributed by atoms with van der Waals surface area (Å²) in [5.74, 6) is 0. The van der Waals surface area contributed by atoms with E-state index in [0.717, 1.165) is 51.4 Å². The van der Waals surface area contributed by atoms with Crippen molar-refractivity contribution >= 4 is 0 Å². The van der Waals surface area contributed by atoms with E-state index in [1.165, 1.54) is 0 Å². The second-order valence-electron chi connectivity index (χ2n) is 6.26. The van der Waals surface area contributed by atoms with Crippen LogP contribution in [0.15, 0.2) is 0 Å². The Morgan fingerprint density at radius 1 is 0.486 bits per heavy atom. The molecule has 0 aliphatic carbocycles. The Morgan fingerprint density at radius 3 is 0.730 bits per heavy atom. The first-order valence-electron chi connectivity index (χ1n) is 11.6. The molecule has 0 aromatic carbocycles. The maximum absolute atomic E-state index is 9.79. The van der Waals surface area contributed by atoms with Crippen molar-refractivity contribution in [1.82, 2.24) is 0 Å². The number of rotatable bonds is 17. The summed E-state index contributed by atoms with van der Waals surface area (Å²) in [6.07, 6.45) is 7.25. The summed E-state index contributed by atoms with van der Waals surface area (Å²) in [6.45, 7) is 9.18. The van der Waals surface area contributed by atoms with Gasteiger partial charge in [-0.05, 0) is 0 Å². The number of aliphatic hydroxyl groups is 2. The molecule has 0 aliphatic heterocycles. The maximum Gasteiger partial charge on any atom is 4.00 e. The Kier molecular flexibility index (Phi) is 71.9. The third-order valence-electron chi connectivity index (χ3n) is 2.97. The van der Waals surface area contributed by atoms with Crippen molar-refractivity contribution in [2.75, 3.05) is 39.6 Å². The smallest absolute Gasteiger partial charge is 0.394 e. The molecule has 0 radical (unpaired) electrons. The molecule has 0 fully saturated rings. The van der Waals surface area contributed by atoms with Gasteiger partial charge in [0.15, 0.2) is 0 Å². The van der Waals surface area contributed by atoms with E-state index in [-0.39, 0.29) is 34.9 Å². The number of hydrogen-bond acceptors (Lipinski definition) is 14. The van der Waals surface area contributed by atoms with Crippen molar-refractivity contribution in [2.24, 2.45) is 0 Å². The standard InChI is InChI=1S/4C4H9O.C2H6O2.8O.5Ti/c4*1-2-3-4-5;3-1-2-4;;;;;;;;;;;;;/h4*2-4H2,1H3;3-4H,1-2H2;;;;;;;;;;;;;/q4*-1;;;;;;4*-1;4*+1;+4. The van der Waals surface area contributed by atoms with Gasteiger partial charge in [0.05, 0.1) is 13.2 Å². The van der Waals surface area contributed by atoms with Gasteiger partial charge in [0, 0.05) is 0 Å². The summed E-state index contributed by atoms with van der Waals surface area (Å²) in [7, 11) is 0. The third kappa shape index (κ3) is 92.9. The zero-order valence-corrected chi connectivity index (χ0v) is 30.0. The normalized spacial score (nSPS) is 8.81. The second-order valence-corrected chi connectivity index (χ2v) is 11.2. The number of hydrogen-bond donors (Lipinski definition) is 2. The topological polar surface area (TPSA) is 238 Å². The van der Waals surface area contributed by atoms with Crippen LogP contribution in [0.4, 0.5) is 0 Å². The average Bonchev–Trinajstić information content (AvgIpc) is 2.80. The van der Waals surface area contributed by atoms with Gasteiger partial charge in [-0.25, -0.2) is 0 Å². The molecule has 0 rings (SSSR count). The first kappa shape index (κ1) is 52.1. The molecule has 19 heteroatoms. The van der Waals surface area contributed by atoms with Crippen LogP contribution in [0, 0.1) is 0 Å². The van der Waals surface area contributed by atoms with Gasteiger partial charge < -0.3 is 10.2 Å². The molecule has 14 nitrogen and oxygen atoms in total. The van der Waals surface area contributed by atoms with E-state index >= 15 is 0 Å². The van der Waals surface area contributed by atoms with E-state index in [1.54, 1.807) is 0 Å². The van der Waals surface area contributed by atoms with Crippen LogP contribution in [-0.2, 0) is 123 Å². The SMILES string of the molecule is CCCC[O][Ti](=[O])[O-].CCCC[O][Ti](=[O])[O-].CCCC[O][Ti](=[O])[O-].CCCC[O][Ti](=[O])[O-].OCCO.[Ti+4]. The molecule has 0 saturated carbocycles. The van der Waals surface area contributed by atoms with E-state index in [1.807, 2.05) is 27.7 Å². The van der Waals surface area contributed by atoms with Gasteiger partial charge in [-0.15, -0.1) is 0 Å². The van der Waals surface area contributed by atoms with Crippen LogP contribution < -0.4 is 14.8 Å². The van der Waals surface area contributed by atoms with Gasteiger partial charge in [0.1, 0.15) is 0 Å². The van der Waals surface area contributed by atoms with Crippen molar-refractivity contribution < 1.29 is 148 Å². The fourth-order valence-electron chi connectivity index (χ4n) is 1.20. The van der Waals surface area contributed by atoms with Gasteiger partial charge >= 0.3 is 243 Å². The van der Waals surface area contributed by atoms with Gasteiger partial charge in [-0.2, -0.15) is 0 Å². The molecule has 2 N–H and O–H groups in total. The molecular formula is C18H42O14Ti5. The van der Waals surface area contributed by atoms with E-state index < -0.39 is 74.5 Å². The first-order chi connectivity index (χ1) is 17.0. The zero-order chi connectivity index (χ0) is 29.0.